The van der Waals surface area contributed by atoms with Gasteiger partial charge < -0.3 is 14.5 Å². The lowest BCUT2D eigenvalue weighted by Gasteiger charge is -2.28. The molecule has 2 aliphatic rings. The number of anilines is 1. The van der Waals surface area contributed by atoms with Crippen LogP contribution in [0.5, 0.6) is 0 Å². The van der Waals surface area contributed by atoms with Gasteiger partial charge in [0.2, 0.25) is 11.9 Å². The molecule has 0 radical (unpaired) electrons. The quantitative estimate of drug-likeness (QED) is 0.477. The molecule has 10 heteroatoms. The zero-order chi connectivity index (χ0) is 23.5. The molecule has 1 amide bonds. The van der Waals surface area contributed by atoms with E-state index < -0.39 is 0 Å². The second-order valence-electron chi connectivity index (χ2n) is 8.12. The molecule has 3 heterocycles. The molecule has 3 aromatic rings. The van der Waals surface area contributed by atoms with E-state index in [9.17, 15) is 9.18 Å². The van der Waals surface area contributed by atoms with Gasteiger partial charge in [0.05, 0.1) is 24.7 Å². The van der Waals surface area contributed by atoms with Crippen molar-refractivity contribution in [1.82, 2.24) is 19.7 Å². The SMILES string of the molecule is Cc1ccccc1-n1c(SCC(=O)N2CCS[C@@H]2c2ccccc2F)nnc1N1CCOCC1. The number of hydrogen-bond donors (Lipinski definition) is 0. The van der Waals surface area contributed by atoms with Crippen molar-refractivity contribution in [2.24, 2.45) is 0 Å². The number of aryl methyl sites for hydroxylation is 1. The summed E-state index contributed by atoms with van der Waals surface area (Å²) in [6.45, 7) is 5.42. The van der Waals surface area contributed by atoms with Crippen LogP contribution in [0.1, 0.15) is 16.5 Å². The molecule has 2 aromatic carbocycles. The van der Waals surface area contributed by atoms with Gasteiger partial charge in [-0.3, -0.25) is 9.36 Å². The molecule has 7 nitrogen and oxygen atoms in total. The molecule has 5 rings (SSSR count). The van der Waals surface area contributed by atoms with Crippen molar-refractivity contribution in [3.05, 3.63) is 65.5 Å². The summed E-state index contributed by atoms with van der Waals surface area (Å²) in [5.74, 6) is 1.44. The maximum Gasteiger partial charge on any atom is 0.234 e. The highest BCUT2D eigenvalue weighted by Crippen LogP contribution is 2.39. The number of halogens is 1. The molecule has 2 saturated heterocycles. The van der Waals surface area contributed by atoms with Gasteiger partial charge in [0.1, 0.15) is 11.2 Å². The lowest BCUT2D eigenvalue weighted by molar-refractivity contribution is -0.128. The maximum atomic E-state index is 14.4. The van der Waals surface area contributed by atoms with E-state index >= 15 is 0 Å². The van der Waals surface area contributed by atoms with E-state index in [1.807, 2.05) is 28.8 Å². The van der Waals surface area contributed by atoms with Crippen molar-refractivity contribution < 1.29 is 13.9 Å². The third-order valence-electron chi connectivity index (χ3n) is 5.97. The Kier molecular flexibility index (Phi) is 7.07. The van der Waals surface area contributed by atoms with Crippen LogP contribution in [0.4, 0.5) is 10.3 Å². The van der Waals surface area contributed by atoms with E-state index in [4.69, 9.17) is 4.74 Å². The number of nitrogens with zero attached hydrogens (tertiary/aromatic N) is 5. The Hall–Kier alpha value is -2.56. The van der Waals surface area contributed by atoms with Crippen molar-refractivity contribution in [2.45, 2.75) is 17.5 Å². The molecular formula is C24H26FN5O2S2. The predicted molar refractivity (Wildman–Crippen MR) is 133 cm³/mol. The number of benzene rings is 2. The van der Waals surface area contributed by atoms with Gasteiger partial charge >= 0.3 is 0 Å². The van der Waals surface area contributed by atoms with Gasteiger partial charge in [-0.1, -0.05) is 48.2 Å². The highest BCUT2D eigenvalue weighted by molar-refractivity contribution is 8.00. The van der Waals surface area contributed by atoms with Crippen LogP contribution in [-0.4, -0.2) is 69.9 Å². The highest BCUT2D eigenvalue weighted by atomic mass is 32.2. The second kappa shape index (κ2) is 10.4. The van der Waals surface area contributed by atoms with Crippen LogP contribution in [0, 0.1) is 12.7 Å². The first-order valence-corrected chi connectivity index (χ1v) is 13.3. The Bertz CT molecular complexity index is 1170. The van der Waals surface area contributed by atoms with Crippen LogP contribution in [0.25, 0.3) is 5.69 Å². The lowest BCUT2D eigenvalue weighted by atomic mass is 10.2. The molecule has 0 unspecified atom stereocenters. The summed E-state index contributed by atoms with van der Waals surface area (Å²) < 4.78 is 21.9. The van der Waals surface area contributed by atoms with E-state index in [0.717, 1.165) is 36.0 Å². The Morgan fingerprint density at radius 3 is 2.68 bits per heavy atom. The zero-order valence-electron chi connectivity index (χ0n) is 18.9. The predicted octanol–water partition coefficient (Wildman–Crippen LogP) is 3.92. The highest BCUT2D eigenvalue weighted by Gasteiger charge is 2.32. The van der Waals surface area contributed by atoms with E-state index in [-0.39, 0.29) is 22.9 Å². The van der Waals surface area contributed by atoms with E-state index in [1.165, 1.54) is 17.8 Å². The van der Waals surface area contributed by atoms with Gasteiger partial charge in [0, 0.05) is 31.0 Å². The standard InChI is InChI=1S/C24H26FN5O2S2/c1-17-6-2-5-9-20(17)30-23(28-10-13-32-14-11-28)26-27-24(30)34-16-21(31)29-12-15-33-22(29)18-7-3-4-8-19(18)25/h2-9,22H,10-16H2,1H3/t22-/m1/s1. The molecule has 0 saturated carbocycles. The molecule has 1 atom stereocenters. The van der Waals surface area contributed by atoms with Crippen LogP contribution in [0.3, 0.4) is 0 Å². The minimum Gasteiger partial charge on any atom is -0.378 e. The molecule has 2 aliphatic heterocycles. The van der Waals surface area contributed by atoms with Crippen molar-refractivity contribution in [3.63, 3.8) is 0 Å². The van der Waals surface area contributed by atoms with Gasteiger partial charge in [0.25, 0.3) is 0 Å². The fourth-order valence-electron chi connectivity index (χ4n) is 4.22. The number of para-hydroxylation sites is 1. The lowest BCUT2D eigenvalue weighted by Crippen LogP contribution is -2.38. The molecule has 0 bridgehead atoms. The van der Waals surface area contributed by atoms with Gasteiger partial charge in [0.15, 0.2) is 5.16 Å². The molecular weight excluding hydrogens is 473 g/mol. The first-order chi connectivity index (χ1) is 16.6. The Labute approximate surface area is 206 Å². The number of hydrogen-bond acceptors (Lipinski definition) is 7. The van der Waals surface area contributed by atoms with Crippen LogP contribution in [0.15, 0.2) is 53.7 Å². The molecule has 2 fully saturated rings. The van der Waals surface area contributed by atoms with Gasteiger partial charge in [-0.2, -0.15) is 0 Å². The number of rotatable bonds is 6. The van der Waals surface area contributed by atoms with Crippen molar-refractivity contribution in [2.75, 3.05) is 49.3 Å². The number of carbonyl (C=O) groups is 1. The summed E-state index contributed by atoms with van der Waals surface area (Å²) in [6.07, 6.45) is 0. The molecule has 0 N–H and O–H groups in total. The summed E-state index contributed by atoms with van der Waals surface area (Å²) in [4.78, 5) is 17.2. The number of aromatic nitrogens is 3. The minimum atomic E-state index is -0.299. The van der Waals surface area contributed by atoms with Crippen molar-refractivity contribution >= 4 is 35.4 Å². The third-order valence-corrected chi connectivity index (χ3v) is 8.13. The average Bonchev–Trinajstić information content (AvgIpc) is 3.51. The van der Waals surface area contributed by atoms with E-state index in [2.05, 4.69) is 28.1 Å². The largest absolute Gasteiger partial charge is 0.378 e. The fourth-order valence-corrected chi connectivity index (χ4v) is 6.34. The van der Waals surface area contributed by atoms with E-state index in [1.54, 1.807) is 28.8 Å². The number of thioether (sulfide) groups is 2. The van der Waals surface area contributed by atoms with Crippen molar-refractivity contribution in [1.29, 1.82) is 0 Å². The molecule has 34 heavy (non-hydrogen) atoms. The first-order valence-electron chi connectivity index (χ1n) is 11.3. The Morgan fingerprint density at radius 1 is 1.12 bits per heavy atom. The third kappa shape index (κ3) is 4.67. The Balaban J connectivity index is 1.38. The monoisotopic (exact) mass is 499 g/mol. The van der Waals surface area contributed by atoms with Gasteiger partial charge in [-0.05, 0) is 24.6 Å². The van der Waals surface area contributed by atoms with Crippen LogP contribution in [0.2, 0.25) is 0 Å². The summed E-state index contributed by atoms with van der Waals surface area (Å²) in [5, 5.41) is 9.31. The molecule has 178 valence electrons. The fraction of sp³-hybridized carbons (Fsp3) is 0.375. The first kappa shape index (κ1) is 23.2. The van der Waals surface area contributed by atoms with Crippen LogP contribution in [-0.2, 0) is 9.53 Å². The summed E-state index contributed by atoms with van der Waals surface area (Å²) >= 11 is 2.97. The normalized spacial score (nSPS) is 18.5. The van der Waals surface area contributed by atoms with Crippen molar-refractivity contribution in [3.8, 4) is 5.69 Å². The topological polar surface area (TPSA) is 63.5 Å². The van der Waals surface area contributed by atoms with Crippen LogP contribution >= 0.6 is 23.5 Å². The molecule has 0 aliphatic carbocycles. The number of ether oxygens (including phenoxy) is 1. The maximum absolute atomic E-state index is 14.4. The summed E-state index contributed by atoms with van der Waals surface area (Å²) in [5.41, 5.74) is 2.64. The number of amides is 1. The Morgan fingerprint density at radius 2 is 1.88 bits per heavy atom. The van der Waals surface area contributed by atoms with Crippen LogP contribution < -0.4 is 4.90 Å². The summed E-state index contributed by atoms with van der Waals surface area (Å²) in [6, 6.07) is 14.8. The van der Waals surface area contributed by atoms with Gasteiger partial charge in [-0.25, -0.2) is 4.39 Å². The average molecular weight is 500 g/mol. The second-order valence-corrected chi connectivity index (χ2v) is 10.3. The minimum absolute atomic E-state index is 0.0319. The zero-order valence-corrected chi connectivity index (χ0v) is 20.5. The summed E-state index contributed by atoms with van der Waals surface area (Å²) in [7, 11) is 0. The smallest absolute Gasteiger partial charge is 0.234 e. The van der Waals surface area contributed by atoms with E-state index in [0.29, 0.717) is 30.5 Å². The molecule has 0 spiro atoms. The molecule has 1 aromatic heterocycles. The number of carbonyl (C=O) groups excluding carboxylic acids is 1. The number of morpholine rings is 1. The van der Waals surface area contributed by atoms with Gasteiger partial charge in [-0.15, -0.1) is 22.0 Å².